The standard InChI is InChI=1S/C23H18N4O4/c1-25(17-5-4-6-18(14-17)27(28)29)26-21-8-3-2-7-19(21)20(24-26)11-9-16-10-12-22-23(13-16)31-15-30-22/h2-14H,15H2,1H3. The van der Waals surface area contributed by atoms with Crippen LogP contribution < -0.4 is 14.5 Å². The Balaban J connectivity index is 1.52. The van der Waals surface area contributed by atoms with Crippen LogP contribution in [0.15, 0.2) is 66.7 Å². The van der Waals surface area contributed by atoms with Crippen LogP contribution in [0.25, 0.3) is 23.1 Å². The van der Waals surface area contributed by atoms with Crippen molar-refractivity contribution < 1.29 is 14.4 Å². The minimum absolute atomic E-state index is 0.0312. The molecule has 8 nitrogen and oxygen atoms in total. The SMILES string of the molecule is CN(c1cccc([N+](=O)[O-])c1)n1nc(C=Cc2ccc3c(c2)OCO3)c2ccccc21. The minimum Gasteiger partial charge on any atom is -0.454 e. The summed E-state index contributed by atoms with van der Waals surface area (Å²) in [7, 11) is 1.82. The second kappa shape index (κ2) is 7.49. The van der Waals surface area contributed by atoms with E-state index in [0.29, 0.717) is 5.69 Å². The highest BCUT2D eigenvalue weighted by molar-refractivity contribution is 5.90. The Bertz CT molecular complexity index is 1330. The van der Waals surface area contributed by atoms with Crippen molar-refractivity contribution in [3.8, 4) is 11.5 Å². The lowest BCUT2D eigenvalue weighted by molar-refractivity contribution is -0.384. The lowest BCUT2D eigenvalue weighted by Gasteiger charge is -2.19. The maximum atomic E-state index is 11.2. The third-order valence-electron chi connectivity index (χ3n) is 5.13. The fraction of sp³-hybridized carbons (Fsp3) is 0.0870. The van der Waals surface area contributed by atoms with Gasteiger partial charge in [-0.15, -0.1) is 0 Å². The van der Waals surface area contributed by atoms with Crippen molar-refractivity contribution in [3.63, 3.8) is 0 Å². The number of rotatable bonds is 5. The average molecular weight is 414 g/mol. The van der Waals surface area contributed by atoms with Gasteiger partial charge in [-0.1, -0.05) is 36.4 Å². The van der Waals surface area contributed by atoms with Gasteiger partial charge in [-0.2, -0.15) is 9.89 Å². The van der Waals surface area contributed by atoms with Crippen LogP contribution in [0.3, 0.4) is 0 Å². The van der Waals surface area contributed by atoms with E-state index in [1.54, 1.807) is 15.9 Å². The molecule has 1 aliphatic rings. The molecular formula is C23H18N4O4. The van der Waals surface area contributed by atoms with Gasteiger partial charge in [-0.3, -0.25) is 15.1 Å². The molecule has 0 aliphatic carbocycles. The van der Waals surface area contributed by atoms with Gasteiger partial charge in [0.15, 0.2) is 11.5 Å². The summed E-state index contributed by atoms with van der Waals surface area (Å²) >= 11 is 0. The first-order chi connectivity index (χ1) is 15.1. The molecule has 31 heavy (non-hydrogen) atoms. The largest absolute Gasteiger partial charge is 0.454 e. The van der Waals surface area contributed by atoms with Crippen LogP contribution in [0.2, 0.25) is 0 Å². The molecule has 8 heteroatoms. The van der Waals surface area contributed by atoms with E-state index in [2.05, 4.69) is 0 Å². The molecule has 0 bridgehead atoms. The Labute approximate surface area is 177 Å². The topological polar surface area (TPSA) is 82.7 Å². The van der Waals surface area contributed by atoms with Crippen molar-refractivity contribution in [3.05, 3.63) is 88.1 Å². The summed E-state index contributed by atoms with van der Waals surface area (Å²) in [6.07, 6.45) is 3.91. The number of hydrogen-bond acceptors (Lipinski definition) is 6. The first-order valence-corrected chi connectivity index (χ1v) is 9.64. The third kappa shape index (κ3) is 3.44. The lowest BCUT2D eigenvalue weighted by atomic mass is 10.1. The molecule has 0 N–H and O–H groups in total. The van der Waals surface area contributed by atoms with Crippen LogP contribution in [0.5, 0.6) is 11.5 Å². The van der Waals surface area contributed by atoms with Crippen molar-refractivity contribution in [2.75, 3.05) is 18.8 Å². The number of nitro benzene ring substituents is 1. The highest BCUT2D eigenvalue weighted by Gasteiger charge is 2.15. The van der Waals surface area contributed by atoms with Crippen LogP contribution in [-0.2, 0) is 0 Å². The van der Waals surface area contributed by atoms with Crippen LogP contribution in [-0.4, -0.2) is 28.7 Å². The number of benzene rings is 3. The molecule has 1 aromatic heterocycles. The summed E-state index contributed by atoms with van der Waals surface area (Å²) < 4.78 is 10.8. The summed E-state index contributed by atoms with van der Waals surface area (Å²) in [5, 5.41) is 18.7. The van der Waals surface area contributed by atoms with Gasteiger partial charge in [0.25, 0.3) is 5.69 Å². The number of fused-ring (bicyclic) bond motifs is 2. The molecule has 3 aromatic carbocycles. The maximum absolute atomic E-state index is 11.2. The van der Waals surface area contributed by atoms with Crippen molar-refractivity contribution in [1.82, 2.24) is 9.89 Å². The number of nitrogens with zero attached hydrogens (tertiary/aromatic N) is 4. The van der Waals surface area contributed by atoms with Crippen LogP contribution in [0, 0.1) is 10.1 Å². The van der Waals surface area contributed by atoms with E-state index in [1.807, 2.05) is 67.7 Å². The number of aromatic nitrogens is 2. The highest BCUT2D eigenvalue weighted by atomic mass is 16.7. The Morgan fingerprint density at radius 2 is 1.87 bits per heavy atom. The van der Waals surface area contributed by atoms with E-state index in [0.717, 1.165) is 33.7 Å². The number of anilines is 1. The molecule has 5 rings (SSSR count). The van der Waals surface area contributed by atoms with Gasteiger partial charge < -0.3 is 9.47 Å². The van der Waals surface area contributed by atoms with E-state index < -0.39 is 4.92 Å². The van der Waals surface area contributed by atoms with Gasteiger partial charge >= 0.3 is 0 Å². The number of nitro groups is 1. The molecule has 0 saturated heterocycles. The molecular weight excluding hydrogens is 396 g/mol. The van der Waals surface area contributed by atoms with E-state index in [1.165, 1.54) is 12.1 Å². The molecule has 0 saturated carbocycles. The van der Waals surface area contributed by atoms with E-state index >= 15 is 0 Å². The minimum atomic E-state index is -0.405. The maximum Gasteiger partial charge on any atom is 0.271 e. The zero-order chi connectivity index (χ0) is 21.4. The van der Waals surface area contributed by atoms with Gasteiger partial charge in [0, 0.05) is 24.6 Å². The molecule has 154 valence electrons. The van der Waals surface area contributed by atoms with Crippen molar-refractivity contribution in [2.24, 2.45) is 0 Å². The van der Waals surface area contributed by atoms with Gasteiger partial charge in [0.1, 0.15) is 0 Å². The summed E-state index contributed by atoms with van der Waals surface area (Å²) in [6.45, 7) is 0.238. The van der Waals surface area contributed by atoms with E-state index in [4.69, 9.17) is 14.6 Å². The Morgan fingerprint density at radius 3 is 2.74 bits per heavy atom. The Morgan fingerprint density at radius 1 is 1.03 bits per heavy atom. The highest BCUT2D eigenvalue weighted by Crippen LogP contribution is 2.33. The summed E-state index contributed by atoms with van der Waals surface area (Å²) in [5.41, 5.74) is 3.33. The Hall–Kier alpha value is -4.33. The number of ether oxygens (including phenoxy) is 2. The van der Waals surface area contributed by atoms with Crippen LogP contribution in [0.1, 0.15) is 11.3 Å². The summed E-state index contributed by atoms with van der Waals surface area (Å²) in [4.78, 5) is 12.5. The molecule has 0 atom stereocenters. The van der Waals surface area contributed by atoms with Crippen molar-refractivity contribution >= 4 is 34.4 Å². The fourth-order valence-electron chi connectivity index (χ4n) is 3.54. The molecule has 0 fully saturated rings. The lowest BCUT2D eigenvalue weighted by Crippen LogP contribution is -2.25. The zero-order valence-corrected chi connectivity index (χ0v) is 16.6. The van der Waals surface area contributed by atoms with Crippen molar-refractivity contribution in [2.45, 2.75) is 0 Å². The van der Waals surface area contributed by atoms with Crippen molar-refractivity contribution in [1.29, 1.82) is 0 Å². The molecule has 4 aromatic rings. The average Bonchev–Trinajstić information content (AvgIpc) is 3.41. The molecule has 0 unspecified atom stereocenters. The molecule has 1 aliphatic heterocycles. The Kier molecular flexibility index (Phi) is 4.51. The van der Waals surface area contributed by atoms with Crippen LogP contribution >= 0.6 is 0 Å². The third-order valence-corrected chi connectivity index (χ3v) is 5.13. The second-order valence-corrected chi connectivity index (χ2v) is 7.04. The summed E-state index contributed by atoms with van der Waals surface area (Å²) in [6, 6.07) is 20.1. The number of para-hydroxylation sites is 1. The van der Waals surface area contributed by atoms with E-state index in [9.17, 15) is 10.1 Å². The smallest absolute Gasteiger partial charge is 0.271 e. The monoisotopic (exact) mass is 414 g/mol. The molecule has 0 amide bonds. The quantitative estimate of drug-likeness (QED) is 0.346. The van der Waals surface area contributed by atoms with Gasteiger partial charge in [-0.25, -0.2) is 0 Å². The molecule has 2 heterocycles. The number of non-ortho nitro benzene ring substituents is 1. The first-order valence-electron chi connectivity index (χ1n) is 9.64. The van der Waals surface area contributed by atoms with Gasteiger partial charge in [0.05, 0.1) is 21.8 Å². The van der Waals surface area contributed by atoms with Gasteiger partial charge in [0.2, 0.25) is 6.79 Å². The summed E-state index contributed by atoms with van der Waals surface area (Å²) in [5.74, 6) is 1.47. The van der Waals surface area contributed by atoms with Crippen LogP contribution in [0.4, 0.5) is 11.4 Å². The number of hydrogen-bond donors (Lipinski definition) is 0. The molecule has 0 spiro atoms. The molecule has 0 radical (unpaired) electrons. The van der Waals surface area contributed by atoms with E-state index in [-0.39, 0.29) is 12.5 Å². The van der Waals surface area contributed by atoms with Gasteiger partial charge in [-0.05, 0) is 35.9 Å². The zero-order valence-electron chi connectivity index (χ0n) is 16.6. The second-order valence-electron chi connectivity index (χ2n) is 7.04. The predicted octanol–water partition coefficient (Wildman–Crippen LogP) is 4.74. The first kappa shape index (κ1) is 18.7. The normalized spacial score (nSPS) is 12.5. The fourth-order valence-corrected chi connectivity index (χ4v) is 3.54. The predicted molar refractivity (Wildman–Crippen MR) is 118 cm³/mol.